The third-order valence-electron chi connectivity index (χ3n) is 2.04. The smallest absolute Gasteiger partial charge is 0.0966 e. The molecular weight excluding hydrogens is 178 g/mol. The minimum atomic E-state index is 0.143. The lowest BCUT2D eigenvalue weighted by Gasteiger charge is -2.20. The third-order valence-corrected chi connectivity index (χ3v) is 2.04. The fourth-order valence-electron chi connectivity index (χ4n) is 1.22. The first kappa shape index (κ1) is 13.8. The molecule has 0 aromatic heterocycles. The van der Waals surface area contributed by atoms with Gasteiger partial charge < -0.3 is 15.3 Å². The molecule has 0 aliphatic rings. The summed E-state index contributed by atoms with van der Waals surface area (Å²) in [5.41, 5.74) is 0. The van der Waals surface area contributed by atoms with Crippen molar-refractivity contribution in [3.05, 3.63) is 0 Å². The fourth-order valence-corrected chi connectivity index (χ4v) is 1.22. The Labute approximate surface area is 87.9 Å². The van der Waals surface area contributed by atoms with Gasteiger partial charge in [-0.3, -0.25) is 4.90 Å². The van der Waals surface area contributed by atoms with Gasteiger partial charge in [-0.2, -0.15) is 0 Å². The summed E-state index contributed by atoms with van der Waals surface area (Å²) >= 11 is 0. The Hall–Kier alpha value is -0.160. The van der Waals surface area contributed by atoms with Gasteiger partial charge in [-0.15, -0.1) is 0 Å². The van der Waals surface area contributed by atoms with Crippen LogP contribution in [0.2, 0.25) is 0 Å². The van der Waals surface area contributed by atoms with Crippen LogP contribution in [0.4, 0.5) is 0 Å². The summed E-state index contributed by atoms with van der Waals surface area (Å²) in [4.78, 5) is 4.17. The van der Waals surface area contributed by atoms with E-state index >= 15 is 0 Å². The van der Waals surface area contributed by atoms with Gasteiger partial charge in [-0.05, 0) is 40.0 Å². The van der Waals surface area contributed by atoms with E-state index in [4.69, 9.17) is 5.11 Å². The largest absolute Gasteiger partial charge is 0.381 e. The highest BCUT2D eigenvalue weighted by atomic mass is 16.3. The van der Waals surface area contributed by atoms with Crippen molar-refractivity contribution in [2.24, 2.45) is 0 Å². The van der Waals surface area contributed by atoms with Gasteiger partial charge in [0.25, 0.3) is 0 Å². The number of rotatable bonds is 9. The van der Waals surface area contributed by atoms with Crippen molar-refractivity contribution in [2.75, 3.05) is 47.1 Å². The number of hydrogen-bond acceptors (Lipinski definition) is 4. The van der Waals surface area contributed by atoms with Crippen LogP contribution >= 0.6 is 0 Å². The second-order valence-corrected chi connectivity index (χ2v) is 3.85. The van der Waals surface area contributed by atoms with E-state index in [1.807, 2.05) is 4.90 Å². The highest BCUT2D eigenvalue weighted by Gasteiger charge is 2.01. The molecule has 0 saturated carbocycles. The van der Waals surface area contributed by atoms with Crippen LogP contribution in [0.5, 0.6) is 0 Å². The van der Waals surface area contributed by atoms with Gasteiger partial charge >= 0.3 is 0 Å². The molecule has 2 N–H and O–H groups in total. The monoisotopic (exact) mass is 203 g/mol. The lowest BCUT2D eigenvalue weighted by molar-refractivity contribution is 0.0959. The normalized spacial score (nSPS) is 11.6. The summed E-state index contributed by atoms with van der Waals surface area (Å²) in [5.74, 6) is 0. The fraction of sp³-hybridized carbons (Fsp3) is 1.00. The van der Waals surface area contributed by atoms with Gasteiger partial charge in [-0.25, -0.2) is 0 Å². The lowest BCUT2D eigenvalue weighted by atomic mass is 10.4. The van der Waals surface area contributed by atoms with Crippen molar-refractivity contribution < 1.29 is 5.11 Å². The number of hydrogen-bond donors (Lipinski definition) is 2. The molecule has 0 atom stereocenters. The van der Waals surface area contributed by atoms with Crippen LogP contribution in [0, 0.1) is 0 Å². The van der Waals surface area contributed by atoms with Crippen LogP contribution in [-0.2, 0) is 0 Å². The summed E-state index contributed by atoms with van der Waals surface area (Å²) in [6.07, 6.45) is 2.23. The average Bonchev–Trinajstić information content (AvgIpc) is 2.15. The molecule has 14 heavy (non-hydrogen) atoms. The van der Waals surface area contributed by atoms with Gasteiger partial charge in [-0.1, -0.05) is 6.92 Å². The van der Waals surface area contributed by atoms with Crippen molar-refractivity contribution in [2.45, 2.75) is 19.8 Å². The van der Waals surface area contributed by atoms with E-state index in [1.165, 1.54) is 0 Å². The average molecular weight is 203 g/mol. The number of aliphatic hydroxyl groups is 1. The zero-order chi connectivity index (χ0) is 10.8. The quantitative estimate of drug-likeness (QED) is 0.413. The van der Waals surface area contributed by atoms with Crippen LogP contribution in [0.15, 0.2) is 0 Å². The van der Waals surface area contributed by atoms with E-state index in [2.05, 4.69) is 31.2 Å². The molecule has 0 rings (SSSR count). The third kappa shape index (κ3) is 8.44. The van der Waals surface area contributed by atoms with Crippen LogP contribution in [0.25, 0.3) is 0 Å². The molecule has 0 aromatic carbocycles. The summed E-state index contributed by atoms with van der Waals surface area (Å²) in [5, 5.41) is 12.3. The Morgan fingerprint density at radius 3 is 2.43 bits per heavy atom. The van der Waals surface area contributed by atoms with Crippen molar-refractivity contribution in [3.63, 3.8) is 0 Å². The van der Waals surface area contributed by atoms with Crippen LogP contribution in [0.3, 0.4) is 0 Å². The molecule has 0 radical (unpaired) electrons. The topological polar surface area (TPSA) is 38.7 Å². The van der Waals surface area contributed by atoms with E-state index in [9.17, 15) is 0 Å². The minimum Gasteiger partial charge on any atom is -0.381 e. The molecule has 4 nitrogen and oxygen atoms in total. The number of nitrogens with one attached hydrogen (secondary N) is 1. The molecule has 0 spiro atoms. The first-order valence-electron chi connectivity index (χ1n) is 5.39. The summed E-state index contributed by atoms with van der Waals surface area (Å²) in [6.45, 7) is 6.12. The van der Waals surface area contributed by atoms with E-state index in [0.29, 0.717) is 0 Å². The molecule has 0 fully saturated rings. The summed E-state index contributed by atoms with van der Waals surface area (Å²) in [6, 6.07) is 0. The molecule has 0 heterocycles. The van der Waals surface area contributed by atoms with Gasteiger partial charge in [0, 0.05) is 6.54 Å². The van der Waals surface area contributed by atoms with Crippen molar-refractivity contribution in [1.82, 2.24) is 15.1 Å². The maximum absolute atomic E-state index is 9.06. The van der Waals surface area contributed by atoms with Gasteiger partial charge in [0.05, 0.1) is 13.4 Å². The van der Waals surface area contributed by atoms with Gasteiger partial charge in [0.1, 0.15) is 0 Å². The van der Waals surface area contributed by atoms with Crippen LogP contribution in [-0.4, -0.2) is 62.0 Å². The first-order chi connectivity index (χ1) is 6.70. The minimum absolute atomic E-state index is 0.143. The zero-order valence-electron chi connectivity index (χ0n) is 9.79. The highest BCUT2D eigenvalue weighted by Crippen LogP contribution is 1.90. The SMILES string of the molecule is CCCNCN(CO)CCCN(C)C. The highest BCUT2D eigenvalue weighted by molar-refractivity contribution is 4.54. The number of nitrogens with zero attached hydrogens (tertiary/aromatic N) is 2. The summed E-state index contributed by atoms with van der Waals surface area (Å²) < 4.78 is 0. The Kier molecular flexibility index (Phi) is 9.29. The second kappa shape index (κ2) is 9.40. The molecular formula is C10H25N3O. The summed E-state index contributed by atoms with van der Waals surface area (Å²) in [7, 11) is 4.14. The molecule has 86 valence electrons. The van der Waals surface area contributed by atoms with E-state index in [0.717, 1.165) is 39.1 Å². The van der Waals surface area contributed by atoms with Gasteiger partial charge in [0.15, 0.2) is 0 Å². The molecule has 0 aromatic rings. The Morgan fingerprint density at radius 1 is 1.21 bits per heavy atom. The van der Waals surface area contributed by atoms with Crippen molar-refractivity contribution in [3.8, 4) is 0 Å². The molecule has 0 amide bonds. The van der Waals surface area contributed by atoms with Crippen LogP contribution in [0.1, 0.15) is 19.8 Å². The lowest BCUT2D eigenvalue weighted by Crippen LogP contribution is -2.36. The molecule has 0 aliphatic heterocycles. The molecule has 0 unspecified atom stereocenters. The second-order valence-electron chi connectivity index (χ2n) is 3.85. The van der Waals surface area contributed by atoms with E-state index in [-0.39, 0.29) is 6.73 Å². The van der Waals surface area contributed by atoms with Crippen molar-refractivity contribution >= 4 is 0 Å². The molecule has 0 bridgehead atoms. The Balaban J connectivity index is 3.38. The standard InChI is InChI=1S/C10H25N3O/c1-4-6-11-9-13(10-14)8-5-7-12(2)3/h11,14H,4-10H2,1-3H3. The zero-order valence-corrected chi connectivity index (χ0v) is 9.79. The van der Waals surface area contributed by atoms with E-state index < -0.39 is 0 Å². The van der Waals surface area contributed by atoms with Crippen molar-refractivity contribution in [1.29, 1.82) is 0 Å². The maximum atomic E-state index is 9.06. The van der Waals surface area contributed by atoms with Gasteiger partial charge in [0.2, 0.25) is 0 Å². The molecule has 0 aliphatic carbocycles. The number of aliphatic hydroxyl groups excluding tert-OH is 1. The predicted octanol–water partition coefficient (Wildman–Crippen LogP) is 0.147. The first-order valence-corrected chi connectivity index (χ1v) is 5.39. The van der Waals surface area contributed by atoms with E-state index in [1.54, 1.807) is 0 Å². The predicted molar refractivity (Wildman–Crippen MR) is 60.1 cm³/mol. The maximum Gasteiger partial charge on any atom is 0.0966 e. The molecule has 0 saturated heterocycles. The van der Waals surface area contributed by atoms with Crippen LogP contribution < -0.4 is 5.32 Å². The Morgan fingerprint density at radius 2 is 1.93 bits per heavy atom. The Bertz CT molecular complexity index is 120. The molecule has 4 heteroatoms.